The van der Waals surface area contributed by atoms with Crippen LogP contribution in [0, 0.1) is 6.92 Å². The minimum Gasteiger partial charge on any atom is -0.362 e. The number of aryl methyl sites for hydroxylation is 1. The van der Waals surface area contributed by atoms with Crippen LogP contribution in [0.4, 0.5) is 5.82 Å². The summed E-state index contributed by atoms with van der Waals surface area (Å²) in [6, 6.07) is 2.39. The van der Waals surface area contributed by atoms with Crippen molar-refractivity contribution < 1.29 is 0 Å². The third-order valence-corrected chi connectivity index (χ3v) is 2.98. The molecule has 0 aliphatic rings. The molecular formula is C11H13N3S. The molecule has 0 saturated carbocycles. The largest absolute Gasteiger partial charge is 0.362 e. The molecule has 1 unspecified atom stereocenters. The van der Waals surface area contributed by atoms with Gasteiger partial charge in [0.15, 0.2) is 0 Å². The van der Waals surface area contributed by atoms with Crippen LogP contribution in [-0.2, 0) is 0 Å². The van der Waals surface area contributed by atoms with E-state index < -0.39 is 0 Å². The fraction of sp³-hybridized carbons (Fsp3) is 0.273. The lowest BCUT2D eigenvalue weighted by atomic mass is 10.2. The minimum absolute atomic E-state index is 0.270. The lowest BCUT2D eigenvalue weighted by Gasteiger charge is -2.14. The average Bonchev–Trinajstić information content (AvgIpc) is 2.74. The van der Waals surface area contributed by atoms with E-state index in [4.69, 9.17) is 0 Å². The first-order valence-electron chi connectivity index (χ1n) is 4.83. The molecule has 3 nitrogen and oxygen atoms in total. The molecule has 0 aromatic carbocycles. The molecule has 0 bridgehead atoms. The number of anilines is 1. The van der Waals surface area contributed by atoms with Crippen molar-refractivity contribution in [2.75, 3.05) is 5.32 Å². The fourth-order valence-corrected chi connectivity index (χ4v) is 2.11. The molecule has 2 aromatic rings. The predicted octanol–water partition coefficient (Wildman–Crippen LogP) is 3.02. The summed E-state index contributed by atoms with van der Waals surface area (Å²) in [5.41, 5.74) is 2.21. The maximum Gasteiger partial charge on any atom is 0.147 e. The second-order valence-corrected chi connectivity index (χ2v) is 4.19. The van der Waals surface area contributed by atoms with E-state index in [1.54, 1.807) is 23.7 Å². The second kappa shape index (κ2) is 4.40. The van der Waals surface area contributed by atoms with Crippen LogP contribution in [0.1, 0.15) is 24.2 Å². The van der Waals surface area contributed by atoms with Gasteiger partial charge < -0.3 is 5.32 Å². The van der Waals surface area contributed by atoms with Gasteiger partial charge in [-0.3, -0.25) is 4.98 Å². The van der Waals surface area contributed by atoms with Crippen LogP contribution in [0.15, 0.2) is 29.2 Å². The molecule has 2 aromatic heterocycles. The Morgan fingerprint density at radius 3 is 2.80 bits per heavy atom. The van der Waals surface area contributed by atoms with Crippen LogP contribution in [0.3, 0.4) is 0 Å². The van der Waals surface area contributed by atoms with Gasteiger partial charge in [0.2, 0.25) is 0 Å². The molecule has 2 heterocycles. The van der Waals surface area contributed by atoms with E-state index in [1.807, 2.05) is 6.92 Å². The van der Waals surface area contributed by atoms with Gasteiger partial charge in [-0.2, -0.15) is 11.3 Å². The molecule has 1 atom stereocenters. The van der Waals surface area contributed by atoms with Gasteiger partial charge in [-0.05, 0) is 36.2 Å². The van der Waals surface area contributed by atoms with Crippen LogP contribution >= 0.6 is 11.3 Å². The molecule has 0 amide bonds. The van der Waals surface area contributed by atoms with Crippen molar-refractivity contribution in [1.82, 2.24) is 9.97 Å². The lowest BCUT2D eigenvalue weighted by molar-refractivity contribution is 0.871. The smallest absolute Gasteiger partial charge is 0.147 e. The molecule has 2 rings (SSSR count). The zero-order valence-electron chi connectivity index (χ0n) is 8.77. The Labute approximate surface area is 93.2 Å². The van der Waals surface area contributed by atoms with Crippen LogP contribution < -0.4 is 5.32 Å². The van der Waals surface area contributed by atoms with E-state index in [0.29, 0.717) is 0 Å². The maximum atomic E-state index is 4.26. The minimum atomic E-state index is 0.270. The summed E-state index contributed by atoms with van der Waals surface area (Å²) in [5.74, 6) is 0.858. The first kappa shape index (κ1) is 10.1. The van der Waals surface area contributed by atoms with E-state index in [2.05, 4.69) is 39.0 Å². The number of nitrogens with zero attached hydrogens (tertiary/aromatic N) is 2. The molecule has 0 aliphatic heterocycles. The Bertz CT molecular complexity index is 425. The monoisotopic (exact) mass is 219 g/mol. The van der Waals surface area contributed by atoms with Crippen molar-refractivity contribution >= 4 is 17.2 Å². The summed E-state index contributed by atoms with van der Waals surface area (Å²) in [7, 11) is 0. The number of hydrogen-bond acceptors (Lipinski definition) is 4. The molecule has 0 radical (unpaired) electrons. The predicted molar refractivity (Wildman–Crippen MR) is 63.1 cm³/mol. The van der Waals surface area contributed by atoms with Gasteiger partial charge in [0.25, 0.3) is 0 Å². The Morgan fingerprint density at radius 2 is 2.13 bits per heavy atom. The molecule has 0 saturated heterocycles. The highest BCUT2D eigenvalue weighted by molar-refractivity contribution is 7.07. The summed E-state index contributed by atoms with van der Waals surface area (Å²) in [5, 5.41) is 7.57. The standard InChI is InChI=1S/C11H13N3S/c1-8(10-3-6-15-7-10)14-11-9(2)12-4-5-13-11/h3-8H,1-2H3,(H,13,14). The van der Waals surface area contributed by atoms with Gasteiger partial charge in [-0.15, -0.1) is 0 Å². The quantitative estimate of drug-likeness (QED) is 0.862. The number of aromatic nitrogens is 2. The summed E-state index contributed by atoms with van der Waals surface area (Å²) < 4.78 is 0. The Balaban J connectivity index is 2.13. The summed E-state index contributed by atoms with van der Waals surface area (Å²) in [4.78, 5) is 8.45. The molecular weight excluding hydrogens is 206 g/mol. The Hall–Kier alpha value is -1.42. The molecule has 0 aliphatic carbocycles. The van der Waals surface area contributed by atoms with Crippen LogP contribution in [-0.4, -0.2) is 9.97 Å². The van der Waals surface area contributed by atoms with E-state index >= 15 is 0 Å². The third-order valence-electron chi connectivity index (χ3n) is 2.28. The third kappa shape index (κ3) is 2.33. The van der Waals surface area contributed by atoms with Crippen molar-refractivity contribution in [3.05, 3.63) is 40.5 Å². The Morgan fingerprint density at radius 1 is 1.33 bits per heavy atom. The first-order chi connectivity index (χ1) is 7.27. The van der Waals surface area contributed by atoms with Crippen LogP contribution in [0.25, 0.3) is 0 Å². The first-order valence-corrected chi connectivity index (χ1v) is 5.78. The van der Waals surface area contributed by atoms with Crippen molar-refractivity contribution in [3.63, 3.8) is 0 Å². The highest BCUT2D eigenvalue weighted by atomic mass is 32.1. The number of nitrogens with one attached hydrogen (secondary N) is 1. The molecule has 0 fully saturated rings. The molecule has 78 valence electrons. The Kier molecular flexibility index (Phi) is 2.97. The van der Waals surface area contributed by atoms with E-state index in [1.165, 1.54) is 5.56 Å². The lowest BCUT2D eigenvalue weighted by Crippen LogP contribution is -2.08. The fourth-order valence-electron chi connectivity index (χ4n) is 1.36. The number of hydrogen-bond donors (Lipinski definition) is 1. The molecule has 1 N–H and O–H groups in total. The number of rotatable bonds is 3. The van der Waals surface area contributed by atoms with Gasteiger partial charge in [-0.25, -0.2) is 4.98 Å². The highest BCUT2D eigenvalue weighted by Gasteiger charge is 2.07. The molecule has 4 heteroatoms. The summed E-state index contributed by atoms with van der Waals surface area (Å²) >= 11 is 1.71. The molecule has 15 heavy (non-hydrogen) atoms. The van der Waals surface area contributed by atoms with Gasteiger partial charge in [0.1, 0.15) is 5.82 Å². The van der Waals surface area contributed by atoms with E-state index in [9.17, 15) is 0 Å². The highest BCUT2D eigenvalue weighted by Crippen LogP contribution is 2.20. The van der Waals surface area contributed by atoms with E-state index in [0.717, 1.165) is 11.5 Å². The van der Waals surface area contributed by atoms with Crippen LogP contribution in [0.2, 0.25) is 0 Å². The van der Waals surface area contributed by atoms with Gasteiger partial charge in [0, 0.05) is 12.4 Å². The zero-order valence-corrected chi connectivity index (χ0v) is 9.58. The van der Waals surface area contributed by atoms with Crippen LogP contribution in [0.5, 0.6) is 0 Å². The van der Waals surface area contributed by atoms with Crippen molar-refractivity contribution in [1.29, 1.82) is 0 Å². The van der Waals surface area contributed by atoms with E-state index in [-0.39, 0.29) is 6.04 Å². The van der Waals surface area contributed by atoms with Gasteiger partial charge >= 0.3 is 0 Å². The van der Waals surface area contributed by atoms with Crippen molar-refractivity contribution in [3.8, 4) is 0 Å². The second-order valence-electron chi connectivity index (χ2n) is 3.41. The average molecular weight is 219 g/mol. The van der Waals surface area contributed by atoms with Gasteiger partial charge in [-0.1, -0.05) is 0 Å². The molecule has 0 spiro atoms. The topological polar surface area (TPSA) is 37.8 Å². The zero-order chi connectivity index (χ0) is 10.7. The van der Waals surface area contributed by atoms with Crippen molar-refractivity contribution in [2.24, 2.45) is 0 Å². The van der Waals surface area contributed by atoms with Crippen molar-refractivity contribution in [2.45, 2.75) is 19.9 Å². The normalized spacial score (nSPS) is 12.4. The summed E-state index contributed by atoms with van der Waals surface area (Å²) in [6.45, 7) is 4.08. The SMILES string of the molecule is Cc1nccnc1NC(C)c1ccsc1. The maximum absolute atomic E-state index is 4.26. The summed E-state index contributed by atoms with van der Waals surface area (Å²) in [6.07, 6.45) is 3.41. The van der Waals surface area contributed by atoms with Gasteiger partial charge in [0.05, 0.1) is 11.7 Å². The number of thiophene rings is 1.